The zero-order valence-corrected chi connectivity index (χ0v) is 16.3. The third-order valence-electron chi connectivity index (χ3n) is 4.30. The van der Waals surface area contributed by atoms with Gasteiger partial charge in [-0.2, -0.15) is 4.68 Å². The summed E-state index contributed by atoms with van der Waals surface area (Å²) in [5.74, 6) is 0.595. The molecule has 0 atom stereocenters. The Labute approximate surface area is 165 Å². The third kappa shape index (κ3) is 5.91. The van der Waals surface area contributed by atoms with E-state index in [0.717, 1.165) is 31.6 Å². The molecule has 1 aliphatic rings. The van der Waals surface area contributed by atoms with Gasteiger partial charge in [0.25, 0.3) is 0 Å². The van der Waals surface area contributed by atoms with Crippen LogP contribution in [-0.4, -0.2) is 63.7 Å². The van der Waals surface area contributed by atoms with Gasteiger partial charge in [-0.15, -0.1) is 29.9 Å². The fraction of sp³-hybridized carbons (Fsp3) is 0.500. The lowest BCUT2D eigenvalue weighted by Gasteiger charge is -2.31. The number of likely N-dealkylation sites (N-methyl/N-ethyl adjacent to an activating group) is 1. The highest BCUT2D eigenvalue weighted by molar-refractivity contribution is 5.85. The van der Waals surface area contributed by atoms with E-state index in [0.29, 0.717) is 25.0 Å². The number of amides is 1. The second-order valence-corrected chi connectivity index (χ2v) is 6.02. The molecule has 1 amide bonds. The summed E-state index contributed by atoms with van der Waals surface area (Å²) in [5.41, 5.74) is 0.874. The fourth-order valence-electron chi connectivity index (χ4n) is 2.92. The van der Waals surface area contributed by atoms with Gasteiger partial charge in [-0.25, -0.2) is 0 Å². The van der Waals surface area contributed by atoms with Gasteiger partial charge in [-0.3, -0.25) is 9.69 Å². The van der Waals surface area contributed by atoms with Crippen LogP contribution >= 0.6 is 24.8 Å². The predicted octanol–water partition coefficient (Wildman–Crippen LogP) is 0.806. The molecule has 0 bridgehead atoms. The molecule has 1 aliphatic heterocycles. The van der Waals surface area contributed by atoms with Gasteiger partial charge in [0, 0.05) is 6.04 Å². The minimum Gasteiger partial charge on any atom is -0.348 e. The molecule has 0 unspecified atom stereocenters. The normalized spacial score (nSPS) is 14.4. The molecular weight excluding hydrogens is 377 g/mol. The second-order valence-electron chi connectivity index (χ2n) is 6.02. The number of piperidine rings is 1. The lowest BCUT2D eigenvalue weighted by Crippen LogP contribution is -2.45. The molecule has 2 N–H and O–H groups in total. The highest BCUT2D eigenvalue weighted by Crippen LogP contribution is 2.09. The predicted molar refractivity (Wildman–Crippen MR) is 104 cm³/mol. The molecule has 0 spiro atoms. The van der Waals surface area contributed by atoms with Crippen LogP contribution in [0.25, 0.3) is 5.69 Å². The first-order valence-electron chi connectivity index (χ1n) is 8.24. The summed E-state index contributed by atoms with van der Waals surface area (Å²) in [5, 5.41) is 17.9. The Hall–Kier alpha value is -1.74. The zero-order valence-electron chi connectivity index (χ0n) is 14.7. The molecule has 10 heteroatoms. The molecule has 0 saturated carbocycles. The van der Waals surface area contributed by atoms with Gasteiger partial charge < -0.3 is 10.6 Å². The minimum atomic E-state index is -0.0151. The molecule has 26 heavy (non-hydrogen) atoms. The van der Waals surface area contributed by atoms with E-state index in [-0.39, 0.29) is 30.7 Å². The summed E-state index contributed by atoms with van der Waals surface area (Å²) in [6, 6.07) is 10.1. The van der Waals surface area contributed by atoms with Gasteiger partial charge in [0.15, 0.2) is 5.82 Å². The van der Waals surface area contributed by atoms with Crippen LogP contribution in [0.3, 0.4) is 0 Å². The monoisotopic (exact) mass is 401 g/mol. The molecule has 1 fully saturated rings. The van der Waals surface area contributed by atoms with Crippen LogP contribution in [0.1, 0.15) is 18.7 Å². The Morgan fingerprint density at radius 3 is 2.65 bits per heavy atom. The largest absolute Gasteiger partial charge is 0.348 e. The van der Waals surface area contributed by atoms with Crippen LogP contribution in [0, 0.1) is 0 Å². The number of carbonyl (C=O) groups is 1. The van der Waals surface area contributed by atoms with E-state index in [1.165, 1.54) is 0 Å². The molecule has 1 aromatic heterocycles. The van der Waals surface area contributed by atoms with E-state index in [4.69, 9.17) is 0 Å². The highest BCUT2D eigenvalue weighted by atomic mass is 35.5. The standard InChI is InChI=1S/C16H23N7O.2ClH/c1-22(13-7-9-17-10-8-13)12-16(24)18-11-15-19-20-21-23(15)14-5-3-2-4-6-14;;/h2-6,13,17H,7-12H2,1H3,(H,18,24);2*1H. The Kier molecular flexibility index (Phi) is 9.50. The summed E-state index contributed by atoms with van der Waals surface area (Å²) < 4.78 is 1.64. The van der Waals surface area contributed by atoms with Crippen LogP contribution in [0.4, 0.5) is 0 Å². The number of nitrogens with zero attached hydrogens (tertiary/aromatic N) is 5. The van der Waals surface area contributed by atoms with E-state index < -0.39 is 0 Å². The van der Waals surface area contributed by atoms with Gasteiger partial charge in [0.2, 0.25) is 5.91 Å². The van der Waals surface area contributed by atoms with Crippen molar-refractivity contribution in [3.05, 3.63) is 36.2 Å². The van der Waals surface area contributed by atoms with E-state index in [2.05, 4.69) is 31.1 Å². The summed E-state index contributed by atoms with van der Waals surface area (Å²) in [4.78, 5) is 14.3. The first kappa shape index (κ1) is 22.3. The number of benzene rings is 1. The number of tetrazole rings is 1. The van der Waals surface area contributed by atoms with Crippen molar-refractivity contribution in [2.45, 2.75) is 25.4 Å². The zero-order chi connectivity index (χ0) is 16.8. The van der Waals surface area contributed by atoms with Gasteiger partial charge in [-0.05, 0) is 55.5 Å². The van der Waals surface area contributed by atoms with Crippen LogP contribution in [0.5, 0.6) is 0 Å². The van der Waals surface area contributed by atoms with Gasteiger partial charge >= 0.3 is 0 Å². The Balaban J connectivity index is 0.00000169. The van der Waals surface area contributed by atoms with E-state index in [1.807, 2.05) is 37.4 Å². The summed E-state index contributed by atoms with van der Waals surface area (Å²) in [6.45, 7) is 2.73. The van der Waals surface area contributed by atoms with Crippen molar-refractivity contribution >= 4 is 30.7 Å². The Bertz CT molecular complexity index is 662. The molecule has 3 rings (SSSR count). The van der Waals surface area contributed by atoms with Crippen molar-refractivity contribution in [2.75, 3.05) is 26.7 Å². The highest BCUT2D eigenvalue weighted by Gasteiger charge is 2.19. The molecule has 1 aromatic carbocycles. The SMILES string of the molecule is CN(CC(=O)NCc1nnnn1-c1ccccc1)C1CCNCC1.Cl.Cl. The average molecular weight is 402 g/mol. The first-order chi connectivity index (χ1) is 11.7. The van der Waals surface area contributed by atoms with Crippen LogP contribution in [0.15, 0.2) is 30.3 Å². The van der Waals surface area contributed by atoms with Crippen molar-refractivity contribution in [2.24, 2.45) is 0 Å². The molecular formula is C16H25Cl2N7O. The number of para-hydroxylation sites is 1. The van der Waals surface area contributed by atoms with Crippen LogP contribution < -0.4 is 10.6 Å². The summed E-state index contributed by atoms with van der Waals surface area (Å²) in [6.07, 6.45) is 2.16. The quantitative estimate of drug-likeness (QED) is 0.744. The maximum atomic E-state index is 12.2. The number of nitrogens with one attached hydrogen (secondary N) is 2. The molecule has 2 heterocycles. The van der Waals surface area contributed by atoms with E-state index >= 15 is 0 Å². The maximum Gasteiger partial charge on any atom is 0.234 e. The minimum absolute atomic E-state index is 0. The average Bonchev–Trinajstić information content (AvgIpc) is 3.10. The number of rotatable bonds is 6. The van der Waals surface area contributed by atoms with Crippen molar-refractivity contribution < 1.29 is 4.79 Å². The number of halogens is 2. The number of carbonyl (C=O) groups excluding carboxylic acids is 1. The Morgan fingerprint density at radius 2 is 1.96 bits per heavy atom. The fourth-order valence-corrected chi connectivity index (χ4v) is 2.92. The number of aromatic nitrogens is 4. The number of hydrogen-bond donors (Lipinski definition) is 2. The Morgan fingerprint density at radius 1 is 1.27 bits per heavy atom. The molecule has 1 saturated heterocycles. The molecule has 144 valence electrons. The van der Waals surface area contributed by atoms with E-state index in [9.17, 15) is 4.79 Å². The topological polar surface area (TPSA) is 88.0 Å². The van der Waals surface area contributed by atoms with Gasteiger partial charge in [-0.1, -0.05) is 18.2 Å². The second kappa shape index (κ2) is 11.1. The van der Waals surface area contributed by atoms with Crippen molar-refractivity contribution in [1.29, 1.82) is 0 Å². The van der Waals surface area contributed by atoms with Gasteiger partial charge in [0.05, 0.1) is 18.8 Å². The number of hydrogen-bond acceptors (Lipinski definition) is 6. The lowest BCUT2D eigenvalue weighted by atomic mass is 10.1. The lowest BCUT2D eigenvalue weighted by molar-refractivity contribution is -0.122. The molecule has 0 radical (unpaired) electrons. The first-order valence-corrected chi connectivity index (χ1v) is 8.24. The molecule has 8 nitrogen and oxygen atoms in total. The van der Waals surface area contributed by atoms with Crippen LogP contribution in [-0.2, 0) is 11.3 Å². The third-order valence-corrected chi connectivity index (χ3v) is 4.30. The summed E-state index contributed by atoms with van der Waals surface area (Å²) >= 11 is 0. The smallest absolute Gasteiger partial charge is 0.234 e. The van der Waals surface area contributed by atoms with Crippen molar-refractivity contribution in [1.82, 2.24) is 35.7 Å². The van der Waals surface area contributed by atoms with Crippen molar-refractivity contribution in [3.8, 4) is 5.69 Å². The summed E-state index contributed by atoms with van der Waals surface area (Å²) in [7, 11) is 2.00. The molecule has 2 aromatic rings. The van der Waals surface area contributed by atoms with Gasteiger partial charge in [0.1, 0.15) is 0 Å². The van der Waals surface area contributed by atoms with Crippen LogP contribution in [0.2, 0.25) is 0 Å². The van der Waals surface area contributed by atoms with Crippen molar-refractivity contribution in [3.63, 3.8) is 0 Å². The van der Waals surface area contributed by atoms with E-state index in [1.54, 1.807) is 4.68 Å². The maximum absolute atomic E-state index is 12.2. The molecule has 0 aliphatic carbocycles.